The van der Waals surface area contributed by atoms with Gasteiger partial charge >= 0.3 is 23.9 Å². The van der Waals surface area contributed by atoms with Crippen LogP contribution in [0.3, 0.4) is 0 Å². The van der Waals surface area contributed by atoms with Crippen molar-refractivity contribution in [3.8, 4) is 0 Å². The smallest absolute Gasteiger partial charge is 0.366 e. The van der Waals surface area contributed by atoms with Gasteiger partial charge in [-0.05, 0) is 27.2 Å². The first kappa shape index (κ1) is 35.3. The number of carbonyl (C=O) groups is 4. The second-order valence-electron chi connectivity index (χ2n) is 16.0. The molecule has 5 heterocycles. The van der Waals surface area contributed by atoms with Crippen molar-refractivity contribution >= 4 is 23.9 Å². The monoisotopic (exact) mass is 722 g/mol. The summed E-state index contributed by atoms with van der Waals surface area (Å²) in [5.41, 5.74) is -10.7. The molecule has 3 saturated carbocycles. The van der Waals surface area contributed by atoms with E-state index in [1.165, 1.54) is 14.0 Å². The number of aliphatic hydroxyl groups excluding tert-OH is 1. The number of carbonyl (C=O) groups excluding carboxylic acids is 4. The number of fused-ring (bicyclic) bond motifs is 7. The molecule has 16 nitrogen and oxygen atoms in total. The van der Waals surface area contributed by atoms with Gasteiger partial charge in [-0.15, -0.1) is 0 Å². The van der Waals surface area contributed by atoms with Crippen LogP contribution < -0.4 is 0 Å². The summed E-state index contributed by atoms with van der Waals surface area (Å²) in [7, 11) is 2.32. The predicted octanol–water partition coefficient (Wildman–Crippen LogP) is -0.327. The standard InChI is InChI=1S/C35H46O16/c1-8-15(2)24(38)49-18-12-19(48-16(3)36)31(26(39)43-6)13-46-21-22(31)29(18,4)25-32(23(21)37)14-47-34(25,27(40)44-7)51-30(5)17-11-20(35(30,32)42)50-28-33(17,41)9-10-45-28/h8,17-23,25,28,37,41-42H,9-14H2,1-7H3/b15-8+. The Morgan fingerprint density at radius 1 is 0.922 bits per heavy atom. The summed E-state index contributed by atoms with van der Waals surface area (Å²) in [6, 6.07) is 0. The van der Waals surface area contributed by atoms with Gasteiger partial charge in [-0.3, -0.25) is 9.59 Å². The SMILES string of the molecule is C/C=C(\C)C(=O)OC1CC(OC(C)=O)C2(C(=O)OC)COC3C2C1(C)C1C2(C(=O)OC)OCC1(C3O)C1(O)C3CC(C4(O)CCOC4O3)C1(C)O2. The number of aliphatic hydroxyl groups is 3. The quantitative estimate of drug-likeness (QED) is 0.188. The van der Waals surface area contributed by atoms with E-state index < -0.39 is 124 Å². The molecule has 0 amide bonds. The van der Waals surface area contributed by atoms with E-state index in [-0.39, 0.29) is 38.0 Å². The van der Waals surface area contributed by atoms with Gasteiger partial charge in [-0.2, -0.15) is 0 Å². The van der Waals surface area contributed by atoms with E-state index in [0.717, 1.165) is 7.11 Å². The minimum atomic E-state index is -2.39. The molecular formula is C35H46O16. The molecule has 16 atom stereocenters. The van der Waals surface area contributed by atoms with E-state index in [2.05, 4.69) is 0 Å². The molecule has 8 aliphatic rings. The van der Waals surface area contributed by atoms with Crippen molar-refractivity contribution in [2.45, 2.75) is 113 Å². The fourth-order valence-corrected chi connectivity index (χ4v) is 12.5. The third kappa shape index (κ3) is 3.64. The van der Waals surface area contributed by atoms with Gasteiger partial charge in [0.15, 0.2) is 6.29 Å². The molecule has 3 aliphatic carbocycles. The summed E-state index contributed by atoms with van der Waals surface area (Å²) in [5, 5.41) is 38.6. The molecule has 5 aliphatic heterocycles. The Morgan fingerprint density at radius 3 is 2.27 bits per heavy atom. The maximum Gasteiger partial charge on any atom is 0.366 e. The van der Waals surface area contributed by atoms with Crippen molar-refractivity contribution in [1.82, 2.24) is 0 Å². The molecule has 0 aromatic heterocycles. The molecule has 0 aromatic carbocycles. The van der Waals surface area contributed by atoms with E-state index in [0.29, 0.717) is 0 Å². The summed E-state index contributed by atoms with van der Waals surface area (Å²) in [6.45, 7) is 6.98. The molecule has 16 unspecified atom stereocenters. The van der Waals surface area contributed by atoms with E-state index in [1.54, 1.807) is 33.8 Å². The van der Waals surface area contributed by atoms with Gasteiger partial charge in [0, 0.05) is 48.5 Å². The third-order valence-electron chi connectivity index (χ3n) is 14.5. The Kier molecular flexibility index (Phi) is 7.42. The molecule has 0 radical (unpaired) electrons. The molecule has 3 N–H and O–H groups in total. The van der Waals surface area contributed by atoms with Crippen LogP contribution >= 0.6 is 0 Å². The summed E-state index contributed by atoms with van der Waals surface area (Å²) in [6.07, 6.45) is -6.22. The Balaban J connectivity index is 1.42. The number of methoxy groups -OCH3 is 2. The summed E-state index contributed by atoms with van der Waals surface area (Å²) in [5.74, 6) is -9.12. The maximum atomic E-state index is 14.4. The predicted molar refractivity (Wildman–Crippen MR) is 165 cm³/mol. The lowest BCUT2D eigenvalue weighted by Crippen LogP contribution is -2.86. The lowest BCUT2D eigenvalue weighted by Gasteiger charge is -2.71. The summed E-state index contributed by atoms with van der Waals surface area (Å²) >= 11 is 0. The zero-order valence-electron chi connectivity index (χ0n) is 29.7. The molecule has 8 fully saturated rings. The Bertz CT molecular complexity index is 1610. The second-order valence-corrected chi connectivity index (χ2v) is 16.0. The van der Waals surface area contributed by atoms with Gasteiger partial charge in [0.1, 0.15) is 34.4 Å². The van der Waals surface area contributed by atoms with Crippen molar-refractivity contribution < 1.29 is 77.1 Å². The zero-order valence-corrected chi connectivity index (χ0v) is 29.7. The number of ether oxygens (including phenoxy) is 9. The lowest BCUT2D eigenvalue weighted by atomic mass is 9.35. The highest BCUT2D eigenvalue weighted by Crippen LogP contribution is 2.81. The van der Waals surface area contributed by atoms with Crippen LogP contribution in [0.25, 0.3) is 0 Å². The van der Waals surface area contributed by atoms with Gasteiger partial charge in [-0.25, -0.2) is 9.59 Å². The Labute approximate surface area is 293 Å². The molecule has 8 rings (SSSR count). The molecule has 0 spiro atoms. The highest BCUT2D eigenvalue weighted by atomic mass is 16.8. The van der Waals surface area contributed by atoms with Crippen LogP contribution in [-0.4, -0.2) is 133 Å². The fourth-order valence-electron chi connectivity index (χ4n) is 12.5. The van der Waals surface area contributed by atoms with Crippen molar-refractivity contribution in [3.05, 3.63) is 11.6 Å². The van der Waals surface area contributed by atoms with Crippen molar-refractivity contribution in [3.63, 3.8) is 0 Å². The molecule has 4 bridgehead atoms. The largest absolute Gasteiger partial charge is 0.468 e. The molecular weight excluding hydrogens is 676 g/mol. The third-order valence-corrected chi connectivity index (χ3v) is 14.5. The van der Waals surface area contributed by atoms with Crippen LogP contribution in [0, 0.1) is 34.0 Å². The van der Waals surface area contributed by atoms with Gasteiger partial charge < -0.3 is 58.0 Å². The highest BCUT2D eigenvalue weighted by Gasteiger charge is 2.96. The summed E-state index contributed by atoms with van der Waals surface area (Å²) in [4.78, 5) is 54.9. The number of esters is 4. The maximum absolute atomic E-state index is 14.4. The highest BCUT2D eigenvalue weighted by molar-refractivity contribution is 5.88. The average Bonchev–Trinajstić information content (AvgIpc) is 3.83. The first-order chi connectivity index (χ1) is 23.9. The van der Waals surface area contributed by atoms with Gasteiger partial charge in [0.25, 0.3) is 5.79 Å². The zero-order chi connectivity index (χ0) is 36.9. The topological polar surface area (TPSA) is 212 Å². The number of hydrogen-bond donors (Lipinski definition) is 3. The lowest BCUT2D eigenvalue weighted by molar-refractivity contribution is -0.411. The Hall–Kier alpha value is -2.70. The van der Waals surface area contributed by atoms with Crippen LogP contribution in [0.2, 0.25) is 0 Å². The average molecular weight is 723 g/mol. The van der Waals surface area contributed by atoms with E-state index in [1.807, 2.05) is 0 Å². The normalized spacial score (nSPS) is 54.4. The van der Waals surface area contributed by atoms with Gasteiger partial charge in [-0.1, -0.05) is 13.0 Å². The van der Waals surface area contributed by atoms with Crippen molar-refractivity contribution in [2.24, 2.45) is 34.0 Å². The number of hydrogen-bond acceptors (Lipinski definition) is 16. The van der Waals surface area contributed by atoms with Crippen LogP contribution in [0.4, 0.5) is 0 Å². The van der Waals surface area contributed by atoms with Crippen LogP contribution in [0.5, 0.6) is 0 Å². The molecule has 282 valence electrons. The number of rotatable bonds is 5. The van der Waals surface area contributed by atoms with Crippen molar-refractivity contribution in [1.29, 1.82) is 0 Å². The molecule has 5 saturated heterocycles. The molecule has 51 heavy (non-hydrogen) atoms. The second kappa shape index (κ2) is 10.7. The van der Waals surface area contributed by atoms with Crippen LogP contribution in [0.1, 0.15) is 53.9 Å². The fraction of sp³-hybridized carbons (Fsp3) is 0.829. The van der Waals surface area contributed by atoms with Gasteiger partial charge in [0.05, 0.1) is 57.8 Å². The molecule has 16 heteroatoms. The van der Waals surface area contributed by atoms with Crippen LogP contribution in [0.15, 0.2) is 11.6 Å². The number of allylic oxidation sites excluding steroid dienone is 1. The minimum Gasteiger partial charge on any atom is -0.468 e. The summed E-state index contributed by atoms with van der Waals surface area (Å²) < 4.78 is 54.9. The first-order valence-corrected chi connectivity index (χ1v) is 17.5. The first-order valence-electron chi connectivity index (χ1n) is 17.5. The van der Waals surface area contributed by atoms with Crippen LogP contribution in [-0.2, 0) is 61.8 Å². The van der Waals surface area contributed by atoms with Crippen molar-refractivity contribution in [2.75, 3.05) is 34.0 Å². The minimum absolute atomic E-state index is 0.0764. The van der Waals surface area contributed by atoms with E-state index in [9.17, 15) is 34.5 Å². The molecule has 0 aromatic rings. The van der Waals surface area contributed by atoms with Gasteiger partial charge in [0.2, 0.25) is 0 Å². The van der Waals surface area contributed by atoms with E-state index in [4.69, 9.17) is 42.6 Å². The Morgan fingerprint density at radius 2 is 1.63 bits per heavy atom. The van der Waals surface area contributed by atoms with E-state index >= 15 is 0 Å².